The average molecular weight is 273 g/mol. The minimum absolute atomic E-state index is 0.368. The number of anilines is 1. The molecular weight excluding hydrogens is 250 g/mol. The molecule has 0 aromatic heterocycles. The summed E-state index contributed by atoms with van der Waals surface area (Å²) in [7, 11) is 0. The normalized spacial score (nSPS) is 26.2. The molecule has 2 atom stereocenters. The zero-order valence-corrected chi connectivity index (χ0v) is 12.1. The van der Waals surface area contributed by atoms with E-state index in [1.807, 2.05) is 13.0 Å². The molecule has 0 heterocycles. The summed E-state index contributed by atoms with van der Waals surface area (Å²) in [6, 6.07) is 5.86. The number of nitrogens with one attached hydrogen (secondary N) is 1. The fraction of sp³-hybridized carbons (Fsp3) is 0.588. The number of hydrogen-bond donors (Lipinski definition) is 2. The third-order valence-electron chi connectivity index (χ3n) is 4.85. The van der Waals surface area contributed by atoms with E-state index in [0.717, 1.165) is 23.1 Å². The summed E-state index contributed by atoms with van der Waals surface area (Å²) < 4.78 is 0. The minimum Gasteiger partial charge on any atom is -0.478 e. The highest BCUT2D eigenvalue weighted by Crippen LogP contribution is 2.44. The molecule has 1 aromatic rings. The Morgan fingerprint density at radius 3 is 2.70 bits per heavy atom. The maximum absolute atomic E-state index is 11.1. The first-order chi connectivity index (χ1) is 9.63. The van der Waals surface area contributed by atoms with E-state index in [2.05, 4.69) is 5.32 Å². The molecule has 20 heavy (non-hydrogen) atoms. The summed E-state index contributed by atoms with van der Waals surface area (Å²) in [4.78, 5) is 11.1. The molecule has 0 saturated heterocycles. The van der Waals surface area contributed by atoms with E-state index in [1.165, 1.54) is 38.5 Å². The van der Waals surface area contributed by atoms with Crippen molar-refractivity contribution in [1.29, 1.82) is 0 Å². The van der Waals surface area contributed by atoms with Gasteiger partial charge in [0, 0.05) is 11.7 Å². The number of carboxylic acids is 1. The molecule has 2 fully saturated rings. The zero-order valence-electron chi connectivity index (χ0n) is 12.1. The van der Waals surface area contributed by atoms with Crippen LogP contribution in [0.5, 0.6) is 0 Å². The Bertz CT molecular complexity index is 508. The van der Waals surface area contributed by atoms with Gasteiger partial charge in [-0.1, -0.05) is 18.9 Å². The molecular formula is C17H23NO2. The van der Waals surface area contributed by atoms with Crippen LogP contribution in [0, 0.1) is 18.8 Å². The average Bonchev–Trinajstić information content (AvgIpc) is 3.26. The Balaban J connectivity index is 1.69. The van der Waals surface area contributed by atoms with Crippen LogP contribution in [0.1, 0.15) is 54.4 Å². The molecule has 2 aliphatic carbocycles. The standard InChI is InChI=1S/C17H23NO2/c1-11-5-6-14(17(19)20)10-16(11)18-15-4-2-3-13(9-15)12-7-8-12/h5-6,10,12-13,15,18H,2-4,7-9H2,1H3,(H,19,20). The Kier molecular flexibility index (Phi) is 3.68. The van der Waals surface area contributed by atoms with E-state index in [9.17, 15) is 4.79 Å². The van der Waals surface area contributed by atoms with E-state index in [-0.39, 0.29) is 0 Å². The van der Waals surface area contributed by atoms with Crippen molar-refractivity contribution in [3.63, 3.8) is 0 Å². The van der Waals surface area contributed by atoms with Crippen molar-refractivity contribution in [3.05, 3.63) is 29.3 Å². The molecule has 1 aromatic carbocycles. The van der Waals surface area contributed by atoms with Crippen molar-refractivity contribution in [2.75, 3.05) is 5.32 Å². The number of rotatable bonds is 4. The van der Waals surface area contributed by atoms with Crippen molar-refractivity contribution < 1.29 is 9.90 Å². The SMILES string of the molecule is Cc1ccc(C(=O)O)cc1NC1CCCC(C2CC2)C1. The molecule has 2 N–H and O–H groups in total. The molecule has 3 rings (SSSR count). The van der Waals surface area contributed by atoms with Crippen LogP contribution in [-0.2, 0) is 0 Å². The van der Waals surface area contributed by atoms with Crippen LogP contribution in [0.3, 0.4) is 0 Å². The summed E-state index contributed by atoms with van der Waals surface area (Å²) in [5, 5.41) is 12.7. The largest absolute Gasteiger partial charge is 0.478 e. The zero-order chi connectivity index (χ0) is 14.1. The fourth-order valence-electron chi connectivity index (χ4n) is 3.48. The summed E-state index contributed by atoms with van der Waals surface area (Å²) in [5.74, 6) is 1.02. The van der Waals surface area contributed by atoms with Crippen LogP contribution in [0.15, 0.2) is 18.2 Å². The molecule has 2 aliphatic rings. The van der Waals surface area contributed by atoms with Gasteiger partial charge in [0.15, 0.2) is 0 Å². The van der Waals surface area contributed by atoms with E-state index in [1.54, 1.807) is 12.1 Å². The third kappa shape index (κ3) is 2.97. The lowest BCUT2D eigenvalue weighted by Crippen LogP contribution is -2.28. The first kappa shape index (κ1) is 13.5. The van der Waals surface area contributed by atoms with E-state index < -0.39 is 5.97 Å². The van der Waals surface area contributed by atoms with Gasteiger partial charge in [-0.25, -0.2) is 4.79 Å². The maximum atomic E-state index is 11.1. The molecule has 2 saturated carbocycles. The molecule has 3 nitrogen and oxygen atoms in total. The number of hydrogen-bond acceptors (Lipinski definition) is 2. The Hall–Kier alpha value is -1.51. The topological polar surface area (TPSA) is 49.3 Å². The van der Waals surface area contributed by atoms with Gasteiger partial charge in [-0.15, -0.1) is 0 Å². The van der Waals surface area contributed by atoms with Gasteiger partial charge in [-0.05, 0) is 62.1 Å². The smallest absolute Gasteiger partial charge is 0.335 e. The van der Waals surface area contributed by atoms with Crippen molar-refractivity contribution in [2.45, 2.75) is 51.5 Å². The van der Waals surface area contributed by atoms with Crippen molar-refractivity contribution >= 4 is 11.7 Å². The van der Waals surface area contributed by atoms with Gasteiger partial charge < -0.3 is 10.4 Å². The highest BCUT2D eigenvalue weighted by Gasteiger charge is 2.34. The molecule has 0 aliphatic heterocycles. The summed E-state index contributed by atoms with van der Waals surface area (Å²) in [6.07, 6.45) is 7.99. The lowest BCUT2D eigenvalue weighted by atomic mass is 9.82. The number of aryl methyl sites for hydroxylation is 1. The molecule has 0 spiro atoms. The second-order valence-electron chi connectivity index (χ2n) is 6.44. The summed E-state index contributed by atoms with van der Waals surface area (Å²) in [5.41, 5.74) is 2.49. The van der Waals surface area contributed by atoms with E-state index in [4.69, 9.17) is 5.11 Å². The maximum Gasteiger partial charge on any atom is 0.335 e. The van der Waals surface area contributed by atoms with Gasteiger partial charge in [0.05, 0.1) is 5.56 Å². The molecule has 0 amide bonds. The van der Waals surface area contributed by atoms with Crippen LogP contribution in [-0.4, -0.2) is 17.1 Å². The molecule has 108 valence electrons. The second kappa shape index (κ2) is 5.47. The van der Waals surface area contributed by atoms with Crippen LogP contribution >= 0.6 is 0 Å². The first-order valence-corrected chi connectivity index (χ1v) is 7.74. The van der Waals surface area contributed by atoms with Crippen LogP contribution < -0.4 is 5.32 Å². The molecule has 2 unspecified atom stereocenters. The Labute approximate surface area is 120 Å². The Morgan fingerprint density at radius 1 is 1.20 bits per heavy atom. The van der Waals surface area contributed by atoms with Gasteiger partial charge in [-0.2, -0.15) is 0 Å². The van der Waals surface area contributed by atoms with E-state index >= 15 is 0 Å². The summed E-state index contributed by atoms with van der Waals surface area (Å²) in [6.45, 7) is 2.04. The monoisotopic (exact) mass is 273 g/mol. The van der Waals surface area contributed by atoms with Gasteiger partial charge >= 0.3 is 5.97 Å². The summed E-state index contributed by atoms with van der Waals surface area (Å²) >= 11 is 0. The number of carbonyl (C=O) groups is 1. The highest BCUT2D eigenvalue weighted by molar-refractivity contribution is 5.89. The van der Waals surface area contributed by atoms with Gasteiger partial charge in [0.1, 0.15) is 0 Å². The number of carboxylic acid groups (broad SMARTS) is 1. The first-order valence-electron chi connectivity index (χ1n) is 7.74. The quantitative estimate of drug-likeness (QED) is 0.869. The van der Waals surface area contributed by atoms with Crippen molar-refractivity contribution in [1.82, 2.24) is 0 Å². The third-order valence-corrected chi connectivity index (χ3v) is 4.85. The number of benzene rings is 1. The van der Waals surface area contributed by atoms with Crippen LogP contribution in [0.2, 0.25) is 0 Å². The lowest BCUT2D eigenvalue weighted by Gasteiger charge is -2.31. The van der Waals surface area contributed by atoms with Crippen LogP contribution in [0.4, 0.5) is 5.69 Å². The van der Waals surface area contributed by atoms with Gasteiger partial charge in [0.25, 0.3) is 0 Å². The highest BCUT2D eigenvalue weighted by atomic mass is 16.4. The van der Waals surface area contributed by atoms with Gasteiger partial charge in [0.2, 0.25) is 0 Å². The lowest BCUT2D eigenvalue weighted by molar-refractivity contribution is 0.0697. The minimum atomic E-state index is -0.854. The van der Waals surface area contributed by atoms with Crippen molar-refractivity contribution in [2.24, 2.45) is 11.8 Å². The fourth-order valence-corrected chi connectivity index (χ4v) is 3.48. The van der Waals surface area contributed by atoms with Gasteiger partial charge in [-0.3, -0.25) is 0 Å². The van der Waals surface area contributed by atoms with E-state index in [0.29, 0.717) is 11.6 Å². The predicted molar refractivity (Wildman–Crippen MR) is 80.2 cm³/mol. The van der Waals surface area contributed by atoms with Crippen molar-refractivity contribution in [3.8, 4) is 0 Å². The van der Waals surface area contributed by atoms with Crippen LogP contribution in [0.25, 0.3) is 0 Å². The number of aromatic carboxylic acids is 1. The molecule has 0 radical (unpaired) electrons. The molecule has 0 bridgehead atoms. The Morgan fingerprint density at radius 2 is 2.00 bits per heavy atom. The predicted octanol–water partition coefficient (Wildman–Crippen LogP) is 4.07. The molecule has 3 heteroatoms. The second-order valence-corrected chi connectivity index (χ2v) is 6.44.